The third-order valence-electron chi connectivity index (χ3n) is 5.86. The fourth-order valence-corrected chi connectivity index (χ4v) is 4.37. The van der Waals surface area contributed by atoms with Gasteiger partial charge in [0.25, 0.3) is 0 Å². The Kier molecular flexibility index (Phi) is 10.6. The summed E-state index contributed by atoms with van der Waals surface area (Å²) in [5, 5.41) is 0. The van der Waals surface area contributed by atoms with Gasteiger partial charge in [0.15, 0.2) is 5.78 Å². The number of halogens is 15. The van der Waals surface area contributed by atoms with Crippen LogP contribution in [-0.2, 0) is 14.9 Å². The normalized spacial score (nSPS) is 15.6. The summed E-state index contributed by atoms with van der Waals surface area (Å²) in [6.07, 6.45) is -7.19. The molecule has 0 N–H and O–H groups in total. The summed E-state index contributed by atoms with van der Waals surface area (Å²) < 4.78 is 235. The van der Waals surface area contributed by atoms with Crippen LogP contribution in [0.1, 0.15) is 28.9 Å². The van der Waals surface area contributed by atoms with E-state index in [-0.39, 0.29) is 12.2 Å². The summed E-state index contributed by atoms with van der Waals surface area (Å²) in [5.41, 5.74) is -5.78. The molecular weight excluding hydrogens is 685 g/mol. The number of rotatable bonds is 15. The second-order valence-corrected chi connectivity index (χ2v) is 10.4. The molecule has 0 saturated carbocycles. The number of benzene rings is 2. The van der Waals surface area contributed by atoms with Crippen LogP contribution in [0, 0.1) is 0 Å². The molecule has 0 heterocycles. The lowest BCUT2D eigenvalue weighted by Gasteiger charge is -2.41. The summed E-state index contributed by atoms with van der Waals surface area (Å²) in [6.45, 7) is 1.51. The number of hydrogen-bond acceptors (Lipinski definition) is 5. The van der Waals surface area contributed by atoms with Crippen molar-refractivity contribution in [3.8, 4) is 5.75 Å². The highest BCUT2D eigenvalue weighted by atomic mass is 32.2. The van der Waals surface area contributed by atoms with Gasteiger partial charge in [-0.3, -0.25) is 4.79 Å². The van der Waals surface area contributed by atoms with Gasteiger partial charge < -0.3 is 8.92 Å². The largest absolute Gasteiger partial charge is 0.384 e. The fraction of sp³-hybridized carbons (Fsp3) is 0.458. The first-order valence-electron chi connectivity index (χ1n) is 11.7. The molecule has 45 heavy (non-hydrogen) atoms. The molecule has 2 atom stereocenters. The van der Waals surface area contributed by atoms with E-state index < -0.39 is 75.2 Å². The number of carbonyl (C=O) groups is 1. The third-order valence-corrected chi connectivity index (χ3v) is 7.09. The van der Waals surface area contributed by atoms with E-state index in [0.29, 0.717) is 29.8 Å². The van der Waals surface area contributed by atoms with Crippen molar-refractivity contribution in [3.05, 3.63) is 65.7 Å². The SMILES string of the molecule is CCOC(C(=O)c1ccc(OS(=O)(=O)C(F)C(F)(F)C(F)(F)C(F)(F)C(F)(F)C(F)(F)C(F)(F)C(F)F)cc1)c1ccccc1. The summed E-state index contributed by atoms with van der Waals surface area (Å²) in [7, 11) is -6.98. The summed E-state index contributed by atoms with van der Waals surface area (Å²) in [4.78, 5) is 12.8. The van der Waals surface area contributed by atoms with E-state index in [9.17, 15) is 79.1 Å². The molecule has 0 saturated heterocycles. The lowest BCUT2D eigenvalue weighted by atomic mass is 9.91. The Morgan fingerprint density at radius 2 is 1.13 bits per heavy atom. The van der Waals surface area contributed by atoms with Crippen LogP contribution < -0.4 is 4.18 Å². The molecule has 2 aromatic carbocycles. The Labute approximate surface area is 243 Å². The van der Waals surface area contributed by atoms with Crippen LogP contribution in [0.5, 0.6) is 5.75 Å². The average molecular weight is 702 g/mol. The lowest BCUT2D eigenvalue weighted by Crippen LogP contribution is -2.73. The predicted octanol–water partition coefficient (Wildman–Crippen LogP) is 7.73. The molecule has 2 rings (SSSR count). The van der Waals surface area contributed by atoms with Gasteiger partial charge in [0.05, 0.1) is 0 Å². The van der Waals surface area contributed by atoms with E-state index in [1.807, 2.05) is 0 Å². The van der Waals surface area contributed by atoms with E-state index in [4.69, 9.17) is 4.74 Å². The maximum absolute atomic E-state index is 14.3. The Hall–Kier alpha value is -3.23. The first-order chi connectivity index (χ1) is 20.3. The number of Topliss-reactive ketones (excluding diaryl/α,β-unsaturated/α-hetero) is 1. The van der Waals surface area contributed by atoms with Gasteiger partial charge >= 0.3 is 57.6 Å². The molecule has 0 aliphatic carbocycles. The van der Waals surface area contributed by atoms with Crippen molar-refractivity contribution in [1.29, 1.82) is 0 Å². The zero-order valence-electron chi connectivity index (χ0n) is 21.8. The molecule has 0 aliphatic rings. The summed E-state index contributed by atoms with van der Waals surface area (Å²) in [5.74, 6) is -50.7. The minimum atomic E-state index is -8.51. The molecule has 0 aliphatic heterocycles. The highest BCUT2D eigenvalue weighted by Gasteiger charge is 2.92. The summed E-state index contributed by atoms with van der Waals surface area (Å²) in [6, 6.07) is 9.89. The molecule has 2 aromatic rings. The average Bonchev–Trinajstić information content (AvgIpc) is 2.95. The summed E-state index contributed by atoms with van der Waals surface area (Å²) >= 11 is 0. The molecule has 0 spiro atoms. The van der Waals surface area contributed by atoms with E-state index in [0.717, 1.165) is 0 Å². The molecule has 21 heteroatoms. The quantitative estimate of drug-likeness (QED) is 0.108. The van der Waals surface area contributed by atoms with Gasteiger partial charge in [-0.05, 0) is 36.8 Å². The Morgan fingerprint density at radius 3 is 1.56 bits per heavy atom. The number of ether oxygens (including phenoxy) is 1. The third kappa shape index (κ3) is 6.41. The van der Waals surface area contributed by atoms with Crippen molar-refractivity contribution < 1.29 is 88.0 Å². The molecular formula is C24H17F15O5S. The number of carbonyl (C=O) groups excluding carboxylic acids is 1. The molecule has 2 unspecified atom stereocenters. The van der Waals surface area contributed by atoms with Crippen LogP contribution in [0.2, 0.25) is 0 Å². The minimum Gasteiger partial charge on any atom is -0.380 e. The Morgan fingerprint density at radius 1 is 0.689 bits per heavy atom. The highest BCUT2D eigenvalue weighted by Crippen LogP contribution is 2.61. The van der Waals surface area contributed by atoms with Crippen LogP contribution in [0.25, 0.3) is 0 Å². The number of hydrogen-bond donors (Lipinski definition) is 0. The molecule has 0 fully saturated rings. The van der Waals surface area contributed by atoms with Gasteiger partial charge in [0.2, 0.25) is 0 Å². The maximum atomic E-state index is 14.3. The zero-order valence-corrected chi connectivity index (χ0v) is 22.6. The van der Waals surface area contributed by atoms with Crippen LogP contribution in [0.15, 0.2) is 54.6 Å². The molecule has 5 nitrogen and oxygen atoms in total. The van der Waals surface area contributed by atoms with Gasteiger partial charge in [-0.25, -0.2) is 13.2 Å². The van der Waals surface area contributed by atoms with Crippen LogP contribution in [0.4, 0.5) is 65.9 Å². The Bertz CT molecular complexity index is 1430. The van der Waals surface area contributed by atoms with Gasteiger partial charge in [-0.1, -0.05) is 30.3 Å². The number of ketones is 1. The smallest absolute Gasteiger partial charge is 0.380 e. The van der Waals surface area contributed by atoms with Crippen molar-refractivity contribution in [2.24, 2.45) is 0 Å². The molecule has 0 aromatic heterocycles. The molecule has 0 bridgehead atoms. The van der Waals surface area contributed by atoms with Crippen molar-refractivity contribution in [3.63, 3.8) is 0 Å². The highest BCUT2D eigenvalue weighted by molar-refractivity contribution is 7.87. The second kappa shape index (κ2) is 12.5. The second-order valence-electron chi connectivity index (χ2n) is 8.87. The predicted molar refractivity (Wildman–Crippen MR) is 122 cm³/mol. The molecule has 0 amide bonds. The van der Waals surface area contributed by atoms with Crippen molar-refractivity contribution in [2.75, 3.05) is 6.61 Å². The maximum Gasteiger partial charge on any atom is 0.384 e. The number of alkyl halides is 15. The minimum absolute atomic E-state index is 0.00125. The van der Waals surface area contributed by atoms with E-state index in [1.165, 1.54) is 31.2 Å². The van der Waals surface area contributed by atoms with Crippen LogP contribution in [-0.4, -0.2) is 68.3 Å². The first kappa shape index (κ1) is 38.0. The van der Waals surface area contributed by atoms with Crippen molar-refractivity contribution in [1.82, 2.24) is 0 Å². The topological polar surface area (TPSA) is 69.7 Å². The van der Waals surface area contributed by atoms with Gasteiger partial charge in [0.1, 0.15) is 11.9 Å². The van der Waals surface area contributed by atoms with Crippen LogP contribution in [0.3, 0.4) is 0 Å². The van der Waals surface area contributed by atoms with E-state index in [2.05, 4.69) is 4.18 Å². The van der Waals surface area contributed by atoms with Gasteiger partial charge in [0, 0.05) is 12.2 Å². The molecule has 0 radical (unpaired) electrons. The lowest BCUT2D eigenvalue weighted by molar-refractivity contribution is -0.434. The van der Waals surface area contributed by atoms with Gasteiger partial charge in [-0.15, -0.1) is 0 Å². The van der Waals surface area contributed by atoms with Gasteiger partial charge in [-0.2, -0.15) is 61.1 Å². The zero-order chi connectivity index (χ0) is 35.0. The van der Waals surface area contributed by atoms with E-state index >= 15 is 0 Å². The van der Waals surface area contributed by atoms with Crippen molar-refractivity contribution in [2.45, 2.75) is 60.5 Å². The van der Waals surface area contributed by atoms with Crippen LogP contribution >= 0.6 is 0 Å². The van der Waals surface area contributed by atoms with Crippen molar-refractivity contribution >= 4 is 15.9 Å². The molecule has 254 valence electrons. The Balaban J connectivity index is 2.39. The standard InChI is InChI=1S/C24H17F15O5S/c1-2-43-16(13-6-4-3-5-7-13)15(40)12-8-10-14(11-9-12)44-45(41,42)18(27)20(30,31)22(34,35)24(38,39)23(36,37)21(32,33)19(28,29)17(25)26/h3-11,16-18H,2H2,1H3. The van der Waals surface area contributed by atoms with E-state index in [1.54, 1.807) is 6.07 Å². The first-order valence-corrected chi connectivity index (χ1v) is 13.2. The monoisotopic (exact) mass is 702 g/mol. The fourth-order valence-electron chi connectivity index (χ4n) is 3.39.